The maximum atomic E-state index is 14.6. The number of phenols is 1. The van der Waals surface area contributed by atoms with Crippen LogP contribution in [0, 0.1) is 13.8 Å². The second-order valence-electron chi connectivity index (χ2n) is 12.8. The predicted molar refractivity (Wildman–Crippen MR) is 163 cm³/mol. The first-order chi connectivity index (χ1) is 19.0. The van der Waals surface area contributed by atoms with Gasteiger partial charge in [0.05, 0.1) is 0 Å². The van der Waals surface area contributed by atoms with Crippen LogP contribution in [0.25, 0.3) is 0 Å². The number of hydrogen-bond donors (Lipinski definition) is 3. The van der Waals surface area contributed by atoms with Gasteiger partial charge >= 0.3 is 6.09 Å². The fourth-order valence-corrected chi connectivity index (χ4v) is 4.80. The quantitative estimate of drug-likeness (QED) is 0.284. The molecule has 0 fully saturated rings. The van der Waals surface area contributed by atoms with Gasteiger partial charge in [-0.3, -0.25) is 9.59 Å². The second-order valence-corrected chi connectivity index (χ2v) is 12.8. The molecule has 0 aliphatic rings. The van der Waals surface area contributed by atoms with E-state index in [4.69, 9.17) is 4.74 Å². The van der Waals surface area contributed by atoms with Crippen molar-refractivity contribution in [2.45, 2.75) is 111 Å². The average molecular weight is 568 g/mol. The monoisotopic (exact) mass is 567 g/mol. The highest BCUT2D eigenvalue weighted by Gasteiger charge is 2.42. The number of carbonyl (C=O) groups is 3. The lowest BCUT2D eigenvalue weighted by Gasteiger charge is -2.43. The maximum Gasteiger partial charge on any atom is 0.408 e. The molecule has 226 valence electrons. The van der Waals surface area contributed by atoms with Gasteiger partial charge in [0.15, 0.2) is 0 Å². The van der Waals surface area contributed by atoms with Crippen LogP contribution >= 0.6 is 0 Å². The van der Waals surface area contributed by atoms with Gasteiger partial charge in [-0.25, -0.2) is 4.79 Å². The summed E-state index contributed by atoms with van der Waals surface area (Å²) in [6.45, 7) is 17.5. The highest BCUT2D eigenvalue weighted by molar-refractivity contribution is 5.93. The van der Waals surface area contributed by atoms with Crippen LogP contribution in [0.3, 0.4) is 0 Å². The number of alkyl carbamates (subject to hydrolysis) is 1. The van der Waals surface area contributed by atoms with Crippen LogP contribution in [0.4, 0.5) is 4.79 Å². The zero-order valence-corrected chi connectivity index (χ0v) is 26.3. The fourth-order valence-electron chi connectivity index (χ4n) is 4.80. The van der Waals surface area contributed by atoms with Gasteiger partial charge in [0, 0.05) is 18.5 Å². The van der Waals surface area contributed by atoms with Gasteiger partial charge in [-0.1, -0.05) is 61.2 Å². The largest absolute Gasteiger partial charge is 0.508 e. The first kappa shape index (κ1) is 33.7. The number of aromatic hydroxyl groups is 1. The fraction of sp³-hybridized carbons (Fsp3) is 0.545. The number of aryl methyl sites for hydroxylation is 2. The van der Waals surface area contributed by atoms with E-state index in [2.05, 4.69) is 17.6 Å². The maximum absolute atomic E-state index is 14.6. The molecule has 8 nitrogen and oxygen atoms in total. The van der Waals surface area contributed by atoms with Gasteiger partial charge in [0.1, 0.15) is 23.4 Å². The van der Waals surface area contributed by atoms with Crippen molar-refractivity contribution in [1.29, 1.82) is 0 Å². The van der Waals surface area contributed by atoms with Crippen molar-refractivity contribution in [2.24, 2.45) is 0 Å². The Morgan fingerprint density at radius 1 is 0.927 bits per heavy atom. The van der Waals surface area contributed by atoms with Crippen LogP contribution in [-0.4, -0.2) is 51.6 Å². The molecule has 0 saturated heterocycles. The Morgan fingerprint density at radius 3 is 2.02 bits per heavy atom. The molecule has 0 bridgehead atoms. The molecule has 2 aromatic rings. The van der Waals surface area contributed by atoms with Gasteiger partial charge < -0.3 is 25.4 Å². The molecule has 2 rings (SSSR count). The molecule has 0 saturated carbocycles. The van der Waals surface area contributed by atoms with Crippen molar-refractivity contribution in [1.82, 2.24) is 15.5 Å². The van der Waals surface area contributed by atoms with Crippen molar-refractivity contribution < 1.29 is 24.2 Å². The molecular weight excluding hydrogens is 518 g/mol. The molecule has 41 heavy (non-hydrogen) atoms. The van der Waals surface area contributed by atoms with Crippen molar-refractivity contribution in [3.8, 4) is 5.75 Å². The molecule has 2 unspecified atom stereocenters. The lowest BCUT2D eigenvalue weighted by Crippen LogP contribution is -2.59. The Morgan fingerprint density at radius 2 is 1.51 bits per heavy atom. The number of hydrogen-bond acceptors (Lipinski definition) is 5. The third-order valence-electron chi connectivity index (χ3n) is 6.47. The van der Waals surface area contributed by atoms with Crippen LogP contribution in [0.1, 0.15) is 96.0 Å². The van der Waals surface area contributed by atoms with Crippen LogP contribution < -0.4 is 10.6 Å². The normalized spacial score (nSPS) is 13.2. The first-order valence-electron chi connectivity index (χ1n) is 14.5. The van der Waals surface area contributed by atoms with Crippen molar-refractivity contribution in [3.05, 3.63) is 64.7 Å². The van der Waals surface area contributed by atoms with Crippen LogP contribution in [0.2, 0.25) is 0 Å². The van der Waals surface area contributed by atoms with E-state index in [-0.39, 0.29) is 18.1 Å². The van der Waals surface area contributed by atoms with Crippen LogP contribution in [0.5, 0.6) is 5.75 Å². The zero-order chi connectivity index (χ0) is 31.0. The highest BCUT2D eigenvalue weighted by Crippen LogP contribution is 2.32. The summed E-state index contributed by atoms with van der Waals surface area (Å²) in [6, 6.07) is 10.4. The van der Waals surface area contributed by atoms with E-state index in [1.54, 1.807) is 37.8 Å². The predicted octanol–water partition coefficient (Wildman–Crippen LogP) is 6.12. The highest BCUT2D eigenvalue weighted by atomic mass is 16.6. The van der Waals surface area contributed by atoms with Crippen LogP contribution in [0.15, 0.2) is 42.5 Å². The van der Waals surface area contributed by atoms with E-state index in [1.807, 2.05) is 52.8 Å². The molecule has 0 spiro atoms. The molecule has 0 radical (unpaired) electrons. The Kier molecular flexibility index (Phi) is 11.8. The van der Waals surface area contributed by atoms with E-state index in [9.17, 15) is 19.5 Å². The van der Waals surface area contributed by atoms with E-state index in [1.165, 1.54) is 12.1 Å². The SMILES string of the molecule is CCCCCNC(=O)C(c1cc(C)cc(C)c1)N(C(=O)C(Cc1ccc(O)cc1)NC(=O)OC(C)(C)C)C(C)(C)C. The molecule has 0 heterocycles. The van der Waals surface area contributed by atoms with Gasteiger partial charge in [0.2, 0.25) is 11.8 Å². The average Bonchev–Trinajstić information content (AvgIpc) is 2.83. The molecule has 0 aliphatic heterocycles. The number of nitrogens with one attached hydrogen (secondary N) is 2. The minimum atomic E-state index is -1.03. The second kappa shape index (κ2) is 14.4. The van der Waals surface area contributed by atoms with Gasteiger partial charge in [0.25, 0.3) is 0 Å². The standard InChI is InChI=1S/C33H49N3O5/c1-10-11-12-17-34-29(38)28(25-19-22(2)18-23(3)20-25)36(32(4,5)6)30(39)27(35-31(40)41-33(7,8)9)21-24-13-15-26(37)16-14-24/h13-16,18-20,27-28,37H,10-12,17,21H2,1-9H3,(H,34,38)(H,35,40). The van der Waals surface area contributed by atoms with Crippen molar-refractivity contribution in [3.63, 3.8) is 0 Å². The lowest BCUT2D eigenvalue weighted by atomic mass is 9.92. The molecule has 3 amide bonds. The van der Waals surface area contributed by atoms with Gasteiger partial charge in [-0.15, -0.1) is 0 Å². The van der Waals surface area contributed by atoms with E-state index >= 15 is 0 Å². The minimum absolute atomic E-state index is 0.0997. The topological polar surface area (TPSA) is 108 Å². The minimum Gasteiger partial charge on any atom is -0.508 e. The summed E-state index contributed by atoms with van der Waals surface area (Å²) < 4.78 is 5.50. The molecule has 2 atom stereocenters. The zero-order valence-electron chi connectivity index (χ0n) is 26.3. The van der Waals surface area contributed by atoms with Gasteiger partial charge in [-0.05, 0) is 85.1 Å². The summed E-state index contributed by atoms with van der Waals surface area (Å²) in [6.07, 6.45) is 2.27. The number of benzene rings is 2. The Labute approximate surface area is 245 Å². The Bertz CT molecular complexity index is 1160. The number of unbranched alkanes of at least 4 members (excludes halogenated alkanes) is 2. The summed E-state index contributed by atoms with van der Waals surface area (Å²) in [7, 11) is 0. The molecule has 0 aromatic heterocycles. The summed E-state index contributed by atoms with van der Waals surface area (Å²) in [5.74, 6) is -0.581. The van der Waals surface area contributed by atoms with E-state index in [0.717, 1.165) is 36.0 Å². The number of rotatable bonds is 11. The smallest absolute Gasteiger partial charge is 0.408 e. The number of phenolic OH excluding ortho intramolecular Hbond substituents is 1. The summed E-state index contributed by atoms with van der Waals surface area (Å²) >= 11 is 0. The van der Waals surface area contributed by atoms with E-state index < -0.39 is 35.2 Å². The number of carbonyl (C=O) groups excluding carboxylic acids is 3. The number of amides is 3. The Hall–Kier alpha value is -3.55. The third kappa shape index (κ3) is 10.7. The van der Waals surface area contributed by atoms with Gasteiger partial charge in [-0.2, -0.15) is 0 Å². The molecule has 2 aromatic carbocycles. The molecular formula is C33H49N3O5. The van der Waals surface area contributed by atoms with Crippen molar-refractivity contribution >= 4 is 17.9 Å². The summed E-state index contributed by atoms with van der Waals surface area (Å²) in [5.41, 5.74) is 1.86. The molecule has 8 heteroatoms. The van der Waals surface area contributed by atoms with Crippen molar-refractivity contribution in [2.75, 3.05) is 6.54 Å². The van der Waals surface area contributed by atoms with E-state index in [0.29, 0.717) is 12.1 Å². The number of ether oxygens (including phenoxy) is 1. The summed E-state index contributed by atoms with van der Waals surface area (Å²) in [4.78, 5) is 43.0. The first-order valence-corrected chi connectivity index (χ1v) is 14.5. The Balaban J connectivity index is 2.61. The lowest BCUT2D eigenvalue weighted by molar-refractivity contribution is -0.148. The molecule has 3 N–H and O–H groups in total. The molecule has 0 aliphatic carbocycles. The summed E-state index contributed by atoms with van der Waals surface area (Å²) in [5, 5.41) is 15.6. The third-order valence-corrected chi connectivity index (χ3v) is 6.47. The van der Waals surface area contributed by atoms with Crippen LogP contribution in [-0.2, 0) is 20.7 Å². The number of nitrogens with zero attached hydrogens (tertiary/aromatic N) is 1.